The predicted molar refractivity (Wildman–Crippen MR) is 67.3 cm³/mol. The molecule has 0 aromatic rings. The van der Waals surface area contributed by atoms with E-state index in [2.05, 4.69) is 12.2 Å². The Morgan fingerprint density at radius 3 is 2.72 bits per heavy atom. The van der Waals surface area contributed by atoms with Gasteiger partial charge < -0.3 is 15.3 Å². The molecule has 1 heterocycles. The van der Waals surface area contributed by atoms with Crippen LogP contribution in [0.15, 0.2) is 0 Å². The van der Waals surface area contributed by atoms with Crippen LogP contribution in [0, 0.1) is 5.92 Å². The summed E-state index contributed by atoms with van der Waals surface area (Å²) in [6.45, 7) is 3.55. The van der Waals surface area contributed by atoms with Crippen LogP contribution in [-0.4, -0.2) is 40.6 Å². The van der Waals surface area contributed by atoms with Gasteiger partial charge in [0.2, 0.25) is 0 Å². The van der Waals surface area contributed by atoms with Crippen molar-refractivity contribution in [2.45, 2.75) is 51.0 Å². The molecule has 2 rings (SSSR count). The fraction of sp³-hybridized carbons (Fsp3) is 0.846. The van der Waals surface area contributed by atoms with Crippen LogP contribution in [0.4, 0.5) is 4.79 Å². The number of amides is 2. The van der Waals surface area contributed by atoms with Crippen LogP contribution >= 0.6 is 0 Å². The standard InChI is InChI=1S/C13H22N2O3/c1-13(6-2-7-13)14-12(18)15-8-5-10(9-15)3-4-11(16)17/h10H,2-9H2,1H3,(H,14,18)(H,16,17). The first-order valence-corrected chi connectivity index (χ1v) is 6.77. The van der Waals surface area contributed by atoms with Gasteiger partial charge in [-0.3, -0.25) is 4.79 Å². The molecule has 1 saturated heterocycles. The fourth-order valence-electron chi connectivity index (χ4n) is 2.75. The van der Waals surface area contributed by atoms with E-state index in [1.54, 1.807) is 0 Å². The summed E-state index contributed by atoms with van der Waals surface area (Å²) in [5, 5.41) is 11.7. The first kappa shape index (κ1) is 13.2. The summed E-state index contributed by atoms with van der Waals surface area (Å²) in [7, 11) is 0. The second-order valence-electron chi connectivity index (χ2n) is 5.88. The van der Waals surface area contributed by atoms with E-state index in [0.717, 1.165) is 25.8 Å². The predicted octanol–water partition coefficient (Wildman–Crippen LogP) is 1.83. The van der Waals surface area contributed by atoms with Crippen LogP contribution in [0.2, 0.25) is 0 Å². The summed E-state index contributed by atoms with van der Waals surface area (Å²) in [6, 6.07) is 0.0232. The summed E-state index contributed by atoms with van der Waals surface area (Å²) < 4.78 is 0. The molecule has 2 N–H and O–H groups in total. The van der Waals surface area contributed by atoms with Crippen molar-refractivity contribution in [3.8, 4) is 0 Å². The molecule has 0 aromatic heterocycles. The maximum atomic E-state index is 12.0. The zero-order valence-electron chi connectivity index (χ0n) is 10.9. The molecule has 0 bridgehead atoms. The molecule has 1 atom stereocenters. The van der Waals surface area contributed by atoms with Crippen molar-refractivity contribution in [3.63, 3.8) is 0 Å². The first-order chi connectivity index (χ1) is 8.48. The summed E-state index contributed by atoms with van der Waals surface area (Å²) in [5.74, 6) is -0.402. The summed E-state index contributed by atoms with van der Waals surface area (Å²) >= 11 is 0. The average Bonchev–Trinajstić information content (AvgIpc) is 2.72. The Hall–Kier alpha value is -1.26. The van der Waals surface area contributed by atoms with E-state index < -0.39 is 5.97 Å². The lowest BCUT2D eigenvalue weighted by Gasteiger charge is -2.40. The van der Waals surface area contributed by atoms with Gasteiger partial charge in [-0.25, -0.2) is 4.79 Å². The summed E-state index contributed by atoms with van der Waals surface area (Å²) in [4.78, 5) is 24.4. The van der Waals surface area contributed by atoms with Gasteiger partial charge >= 0.3 is 12.0 Å². The normalized spacial score (nSPS) is 25.6. The molecule has 0 aromatic carbocycles. The number of carbonyl (C=O) groups excluding carboxylic acids is 1. The number of nitrogens with one attached hydrogen (secondary N) is 1. The second kappa shape index (κ2) is 5.16. The molecule has 102 valence electrons. The van der Waals surface area contributed by atoms with E-state index in [4.69, 9.17) is 5.11 Å². The lowest BCUT2D eigenvalue weighted by molar-refractivity contribution is -0.137. The quantitative estimate of drug-likeness (QED) is 0.804. The highest BCUT2D eigenvalue weighted by Crippen LogP contribution is 2.31. The SMILES string of the molecule is CC1(NC(=O)N2CCC(CCC(=O)O)C2)CCC1. The molecular weight excluding hydrogens is 232 g/mol. The number of rotatable bonds is 4. The van der Waals surface area contributed by atoms with E-state index in [1.807, 2.05) is 4.90 Å². The molecule has 2 fully saturated rings. The Labute approximate surface area is 108 Å². The molecule has 2 aliphatic rings. The van der Waals surface area contributed by atoms with Crippen LogP contribution in [0.25, 0.3) is 0 Å². The molecule has 5 heteroatoms. The number of hydrogen-bond donors (Lipinski definition) is 2. The number of hydrogen-bond acceptors (Lipinski definition) is 2. The monoisotopic (exact) mass is 254 g/mol. The molecular formula is C13H22N2O3. The van der Waals surface area contributed by atoms with Gasteiger partial charge in [0.1, 0.15) is 0 Å². The van der Waals surface area contributed by atoms with Crippen molar-refractivity contribution in [2.24, 2.45) is 5.92 Å². The summed E-state index contributed by atoms with van der Waals surface area (Å²) in [5.41, 5.74) is -0.00374. The van der Waals surface area contributed by atoms with E-state index in [1.165, 1.54) is 6.42 Å². The minimum atomic E-state index is -0.750. The van der Waals surface area contributed by atoms with Crippen LogP contribution in [0.5, 0.6) is 0 Å². The van der Waals surface area contributed by atoms with Gasteiger partial charge in [-0.15, -0.1) is 0 Å². The third-order valence-corrected chi connectivity index (χ3v) is 4.21. The fourth-order valence-corrected chi connectivity index (χ4v) is 2.75. The Morgan fingerprint density at radius 2 is 2.17 bits per heavy atom. The molecule has 1 saturated carbocycles. The molecule has 0 radical (unpaired) electrons. The van der Waals surface area contributed by atoms with E-state index in [0.29, 0.717) is 18.9 Å². The van der Waals surface area contributed by atoms with E-state index in [9.17, 15) is 9.59 Å². The summed E-state index contributed by atoms with van der Waals surface area (Å²) in [6.07, 6.45) is 5.13. The van der Waals surface area contributed by atoms with Crippen molar-refractivity contribution in [3.05, 3.63) is 0 Å². The van der Waals surface area contributed by atoms with Gasteiger partial charge in [-0.1, -0.05) is 0 Å². The highest BCUT2D eigenvalue weighted by atomic mass is 16.4. The van der Waals surface area contributed by atoms with Crippen LogP contribution < -0.4 is 5.32 Å². The van der Waals surface area contributed by atoms with Gasteiger partial charge in [-0.05, 0) is 44.9 Å². The minimum Gasteiger partial charge on any atom is -0.481 e. The highest BCUT2D eigenvalue weighted by molar-refractivity contribution is 5.75. The number of carboxylic acids is 1. The first-order valence-electron chi connectivity index (χ1n) is 6.77. The van der Waals surface area contributed by atoms with E-state index >= 15 is 0 Å². The lowest BCUT2D eigenvalue weighted by Crippen LogP contribution is -2.54. The zero-order chi connectivity index (χ0) is 13.2. The largest absolute Gasteiger partial charge is 0.481 e. The van der Waals surface area contributed by atoms with Crippen LogP contribution in [0.1, 0.15) is 45.4 Å². The second-order valence-corrected chi connectivity index (χ2v) is 5.88. The molecule has 1 unspecified atom stereocenters. The van der Waals surface area contributed by atoms with Gasteiger partial charge in [0.25, 0.3) is 0 Å². The number of likely N-dealkylation sites (tertiary alicyclic amines) is 1. The maximum absolute atomic E-state index is 12.0. The molecule has 1 aliphatic carbocycles. The highest BCUT2D eigenvalue weighted by Gasteiger charge is 2.36. The Kier molecular flexibility index (Phi) is 3.78. The van der Waals surface area contributed by atoms with Crippen LogP contribution in [-0.2, 0) is 4.79 Å². The van der Waals surface area contributed by atoms with Crippen molar-refractivity contribution in [1.82, 2.24) is 10.2 Å². The number of carboxylic acid groups (broad SMARTS) is 1. The number of carbonyl (C=O) groups is 2. The van der Waals surface area contributed by atoms with E-state index in [-0.39, 0.29) is 18.0 Å². The molecule has 18 heavy (non-hydrogen) atoms. The molecule has 2 amide bonds. The van der Waals surface area contributed by atoms with Gasteiger partial charge in [-0.2, -0.15) is 0 Å². The lowest BCUT2D eigenvalue weighted by atomic mass is 9.79. The van der Waals surface area contributed by atoms with Crippen LogP contribution in [0.3, 0.4) is 0 Å². The Bertz CT molecular complexity index is 339. The van der Waals surface area contributed by atoms with Crippen molar-refractivity contribution >= 4 is 12.0 Å². The van der Waals surface area contributed by atoms with Gasteiger partial charge in [0.15, 0.2) is 0 Å². The number of nitrogens with zero attached hydrogens (tertiary/aromatic N) is 1. The topological polar surface area (TPSA) is 69.6 Å². The molecule has 0 spiro atoms. The minimum absolute atomic E-state index is 0.00374. The zero-order valence-corrected chi connectivity index (χ0v) is 10.9. The molecule has 1 aliphatic heterocycles. The van der Waals surface area contributed by atoms with Crippen molar-refractivity contribution in [1.29, 1.82) is 0 Å². The number of aliphatic carboxylic acids is 1. The van der Waals surface area contributed by atoms with Gasteiger partial charge in [0, 0.05) is 25.0 Å². The molecule has 5 nitrogen and oxygen atoms in total. The van der Waals surface area contributed by atoms with Crippen molar-refractivity contribution in [2.75, 3.05) is 13.1 Å². The number of urea groups is 1. The smallest absolute Gasteiger partial charge is 0.317 e. The van der Waals surface area contributed by atoms with Gasteiger partial charge in [0.05, 0.1) is 0 Å². The third kappa shape index (κ3) is 3.15. The Morgan fingerprint density at radius 1 is 1.44 bits per heavy atom. The Balaban J connectivity index is 1.74. The third-order valence-electron chi connectivity index (χ3n) is 4.21. The maximum Gasteiger partial charge on any atom is 0.317 e. The average molecular weight is 254 g/mol. The van der Waals surface area contributed by atoms with Crippen molar-refractivity contribution < 1.29 is 14.7 Å².